The predicted octanol–water partition coefficient (Wildman–Crippen LogP) is 1.92. The monoisotopic (exact) mass is 455 g/mol. The van der Waals surface area contributed by atoms with Crippen molar-refractivity contribution in [3.8, 4) is 11.5 Å². The first-order valence-electron chi connectivity index (χ1n) is 9.16. The minimum absolute atomic E-state index is 0.0992. The van der Waals surface area contributed by atoms with Crippen molar-refractivity contribution in [2.75, 3.05) is 20.3 Å². The third-order valence-corrected chi connectivity index (χ3v) is 6.68. The predicted molar refractivity (Wildman–Crippen MR) is 113 cm³/mol. The van der Waals surface area contributed by atoms with Crippen LogP contribution in [-0.4, -0.2) is 40.5 Å². The number of methoxy groups -OCH3 is 1. The number of thiophene rings is 1. The van der Waals surface area contributed by atoms with Crippen LogP contribution in [0.5, 0.6) is 11.5 Å². The molecule has 0 fully saturated rings. The Bertz CT molecular complexity index is 959. The molecule has 0 aliphatic heterocycles. The molecule has 1 heterocycles. The topological polar surface area (TPSA) is 123 Å². The standard InChI is InChI=1S/C19H25N3O6S2/c1-13(2)8-9-28-15-7-6-14(11-16(15)27-3)19(24)22-21-17(23)12-20-30(25,26)18-5-4-10-29-18/h4-7,10-11,13,20H,8-9,12H2,1-3H3,(H,21,23)(H,22,24). The smallest absolute Gasteiger partial charge is 0.269 e. The Hall–Kier alpha value is -2.63. The van der Waals surface area contributed by atoms with E-state index in [1.807, 2.05) is 0 Å². The molecule has 0 aliphatic carbocycles. The number of hydrogen-bond donors (Lipinski definition) is 3. The van der Waals surface area contributed by atoms with Crippen molar-refractivity contribution >= 4 is 33.2 Å². The van der Waals surface area contributed by atoms with Gasteiger partial charge in [-0.1, -0.05) is 19.9 Å². The third-order valence-electron chi connectivity index (χ3n) is 3.88. The molecule has 0 radical (unpaired) electrons. The SMILES string of the molecule is COc1cc(C(=O)NNC(=O)CNS(=O)(=O)c2cccs2)ccc1OCCC(C)C. The molecule has 0 bridgehead atoms. The minimum atomic E-state index is -3.77. The van der Waals surface area contributed by atoms with E-state index in [0.717, 1.165) is 17.8 Å². The van der Waals surface area contributed by atoms with Crippen molar-refractivity contribution in [1.82, 2.24) is 15.6 Å². The second kappa shape index (κ2) is 11.0. The summed E-state index contributed by atoms with van der Waals surface area (Å²) in [6.07, 6.45) is 0.883. The van der Waals surface area contributed by atoms with Crippen molar-refractivity contribution in [3.63, 3.8) is 0 Å². The summed E-state index contributed by atoms with van der Waals surface area (Å²) in [4.78, 5) is 24.1. The number of ether oxygens (including phenoxy) is 2. The zero-order valence-electron chi connectivity index (χ0n) is 16.9. The molecule has 0 atom stereocenters. The summed E-state index contributed by atoms with van der Waals surface area (Å²) in [7, 11) is -2.30. The van der Waals surface area contributed by atoms with Crippen molar-refractivity contribution in [3.05, 3.63) is 41.3 Å². The van der Waals surface area contributed by atoms with Crippen molar-refractivity contribution in [2.24, 2.45) is 5.92 Å². The van der Waals surface area contributed by atoms with Gasteiger partial charge in [0.05, 0.1) is 20.3 Å². The highest BCUT2D eigenvalue weighted by Crippen LogP contribution is 2.28. The Kier molecular flexibility index (Phi) is 8.63. The van der Waals surface area contributed by atoms with E-state index >= 15 is 0 Å². The molecule has 164 valence electrons. The zero-order chi connectivity index (χ0) is 22.1. The maximum absolute atomic E-state index is 12.3. The molecular formula is C19H25N3O6S2. The summed E-state index contributed by atoms with van der Waals surface area (Å²) >= 11 is 1.03. The number of carbonyl (C=O) groups is 2. The number of amides is 2. The van der Waals surface area contributed by atoms with E-state index in [0.29, 0.717) is 24.0 Å². The van der Waals surface area contributed by atoms with Crippen molar-refractivity contribution in [2.45, 2.75) is 24.5 Å². The summed E-state index contributed by atoms with van der Waals surface area (Å²) in [6.45, 7) is 4.19. The summed E-state index contributed by atoms with van der Waals surface area (Å²) in [5.74, 6) is 0.100. The second-order valence-electron chi connectivity index (χ2n) is 6.66. The summed E-state index contributed by atoms with van der Waals surface area (Å²) in [5, 5.41) is 1.61. The normalized spacial score (nSPS) is 11.2. The van der Waals surface area contributed by atoms with Crippen LogP contribution in [0.1, 0.15) is 30.6 Å². The van der Waals surface area contributed by atoms with E-state index in [-0.39, 0.29) is 9.77 Å². The number of benzene rings is 1. The van der Waals surface area contributed by atoms with E-state index in [2.05, 4.69) is 29.4 Å². The first-order valence-corrected chi connectivity index (χ1v) is 11.5. The number of sulfonamides is 1. The molecule has 2 aromatic rings. The molecule has 9 nitrogen and oxygen atoms in total. The molecule has 11 heteroatoms. The van der Waals surface area contributed by atoms with Gasteiger partial charge in [-0.05, 0) is 42.0 Å². The van der Waals surface area contributed by atoms with Gasteiger partial charge in [0.25, 0.3) is 21.8 Å². The van der Waals surface area contributed by atoms with E-state index < -0.39 is 28.4 Å². The number of nitrogens with one attached hydrogen (secondary N) is 3. The van der Waals surface area contributed by atoms with Crippen LogP contribution in [-0.2, 0) is 14.8 Å². The van der Waals surface area contributed by atoms with E-state index in [4.69, 9.17) is 9.47 Å². The molecule has 0 spiro atoms. The Morgan fingerprint density at radius 2 is 1.90 bits per heavy atom. The molecule has 1 aromatic heterocycles. The third kappa shape index (κ3) is 7.01. The molecule has 30 heavy (non-hydrogen) atoms. The number of hydrazine groups is 1. The lowest BCUT2D eigenvalue weighted by Crippen LogP contribution is -2.46. The first-order chi connectivity index (χ1) is 14.2. The van der Waals surface area contributed by atoms with Gasteiger partial charge in [-0.3, -0.25) is 20.4 Å². The highest BCUT2D eigenvalue weighted by molar-refractivity contribution is 7.91. The van der Waals surface area contributed by atoms with Crippen LogP contribution in [0.4, 0.5) is 0 Å². The lowest BCUT2D eigenvalue weighted by molar-refractivity contribution is -0.120. The van der Waals surface area contributed by atoms with Gasteiger partial charge in [0.15, 0.2) is 11.5 Å². The Morgan fingerprint density at radius 3 is 2.53 bits per heavy atom. The lowest BCUT2D eigenvalue weighted by atomic mass is 10.1. The zero-order valence-corrected chi connectivity index (χ0v) is 18.6. The average molecular weight is 456 g/mol. The molecule has 0 unspecified atom stereocenters. The van der Waals surface area contributed by atoms with Gasteiger partial charge in [0.1, 0.15) is 4.21 Å². The Balaban J connectivity index is 1.87. The number of rotatable bonds is 10. The van der Waals surface area contributed by atoms with Crippen LogP contribution < -0.4 is 25.0 Å². The minimum Gasteiger partial charge on any atom is -0.493 e. The van der Waals surface area contributed by atoms with Crippen LogP contribution in [0.25, 0.3) is 0 Å². The average Bonchev–Trinajstić information content (AvgIpc) is 3.26. The molecule has 2 amide bonds. The van der Waals surface area contributed by atoms with Crippen LogP contribution in [0.3, 0.4) is 0 Å². The van der Waals surface area contributed by atoms with Gasteiger partial charge in [-0.25, -0.2) is 13.1 Å². The maximum atomic E-state index is 12.3. The van der Waals surface area contributed by atoms with Gasteiger partial charge >= 0.3 is 0 Å². The van der Waals surface area contributed by atoms with Crippen LogP contribution in [0.2, 0.25) is 0 Å². The van der Waals surface area contributed by atoms with Gasteiger partial charge in [-0.2, -0.15) is 0 Å². The summed E-state index contributed by atoms with van der Waals surface area (Å²) in [6, 6.07) is 7.66. The molecule has 3 N–H and O–H groups in total. The fourth-order valence-corrected chi connectivity index (χ4v) is 4.24. The number of carbonyl (C=O) groups excluding carboxylic acids is 2. The van der Waals surface area contributed by atoms with E-state index in [1.165, 1.54) is 25.3 Å². The van der Waals surface area contributed by atoms with Crippen molar-refractivity contribution in [1.29, 1.82) is 0 Å². The fourth-order valence-electron chi connectivity index (χ4n) is 2.22. The Labute approximate surface area is 179 Å². The van der Waals surface area contributed by atoms with Crippen LogP contribution in [0, 0.1) is 5.92 Å². The summed E-state index contributed by atoms with van der Waals surface area (Å²) in [5.41, 5.74) is 4.63. The largest absolute Gasteiger partial charge is 0.493 e. The number of hydrogen-bond acceptors (Lipinski definition) is 7. The quantitative estimate of drug-likeness (QED) is 0.471. The molecular weight excluding hydrogens is 430 g/mol. The van der Waals surface area contributed by atoms with Gasteiger partial charge in [0, 0.05) is 5.56 Å². The first kappa shape index (κ1) is 23.6. The van der Waals surface area contributed by atoms with Gasteiger partial charge < -0.3 is 9.47 Å². The van der Waals surface area contributed by atoms with Crippen molar-refractivity contribution < 1.29 is 27.5 Å². The summed E-state index contributed by atoms with van der Waals surface area (Å²) < 4.78 is 37.2. The van der Waals surface area contributed by atoms with Gasteiger partial charge in [-0.15, -0.1) is 11.3 Å². The molecule has 0 saturated carbocycles. The molecule has 1 aromatic carbocycles. The maximum Gasteiger partial charge on any atom is 0.269 e. The van der Waals surface area contributed by atoms with E-state index in [1.54, 1.807) is 17.5 Å². The van der Waals surface area contributed by atoms with Gasteiger partial charge in [0.2, 0.25) is 0 Å². The molecule has 2 rings (SSSR count). The van der Waals surface area contributed by atoms with Crippen LogP contribution >= 0.6 is 11.3 Å². The fraction of sp³-hybridized carbons (Fsp3) is 0.368. The van der Waals surface area contributed by atoms with Crippen LogP contribution in [0.15, 0.2) is 39.9 Å². The highest BCUT2D eigenvalue weighted by atomic mass is 32.2. The van der Waals surface area contributed by atoms with E-state index in [9.17, 15) is 18.0 Å². The Morgan fingerprint density at radius 1 is 1.13 bits per heavy atom. The molecule has 0 saturated heterocycles. The second-order valence-corrected chi connectivity index (χ2v) is 9.60. The highest BCUT2D eigenvalue weighted by Gasteiger charge is 2.17. The molecule has 0 aliphatic rings. The lowest BCUT2D eigenvalue weighted by Gasteiger charge is -2.13.